The third-order valence-electron chi connectivity index (χ3n) is 3.35. The van der Waals surface area contributed by atoms with Crippen molar-refractivity contribution in [2.75, 3.05) is 32.7 Å². The quantitative estimate of drug-likeness (QED) is 0.603. The van der Waals surface area contributed by atoms with Gasteiger partial charge in [-0.05, 0) is 44.3 Å². The van der Waals surface area contributed by atoms with E-state index in [0.29, 0.717) is 24.8 Å². The Morgan fingerprint density at radius 1 is 1.26 bits per heavy atom. The van der Waals surface area contributed by atoms with Crippen LogP contribution in [-0.4, -0.2) is 43.5 Å². The van der Waals surface area contributed by atoms with Crippen molar-refractivity contribution >= 4 is 5.91 Å². The van der Waals surface area contributed by atoms with Gasteiger partial charge in [-0.2, -0.15) is 0 Å². The van der Waals surface area contributed by atoms with E-state index in [1.54, 1.807) is 0 Å². The van der Waals surface area contributed by atoms with Crippen molar-refractivity contribution < 1.29 is 4.79 Å². The summed E-state index contributed by atoms with van der Waals surface area (Å²) in [5.41, 5.74) is 5.72. The average molecular weight is 271 g/mol. The van der Waals surface area contributed by atoms with Gasteiger partial charge < -0.3 is 16.0 Å². The largest absolute Gasteiger partial charge is 0.355 e. The van der Waals surface area contributed by atoms with E-state index < -0.39 is 0 Å². The SMILES string of the molecule is CCCN(CC)CCNC(=O)CC(CN)CC(C)C. The molecule has 0 aliphatic carbocycles. The standard InChI is InChI=1S/C15H33N3O/c1-5-8-18(6-2)9-7-17-15(19)11-14(12-16)10-13(3)4/h13-14H,5-12,16H2,1-4H3,(H,17,19). The Kier molecular flexibility index (Phi) is 10.9. The van der Waals surface area contributed by atoms with Crippen molar-refractivity contribution in [1.82, 2.24) is 10.2 Å². The number of rotatable bonds is 11. The van der Waals surface area contributed by atoms with Crippen LogP contribution in [0.5, 0.6) is 0 Å². The topological polar surface area (TPSA) is 58.4 Å². The first-order valence-electron chi connectivity index (χ1n) is 7.72. The minimum Gasteiger partial charge on any atom is -0.355 e. The van der Waals surface area contributed by atoms with Crippen LogP contribution in [0.1, 0.15) is 47.0 Å². The maximum atomic E-state index is 11.8. The lowest BCUT2D eigenvalue weighted by Crippen LogP contribution is -2.36. The Hall–Kier alpha value is -0.610. The fraction of sp³-hybridized carbons (Fsp3) is 0.933. The minimum atomic E-state index is 0.142. The van der Waals surface area contributed by atoms with Gasteiger partial charge in [0.25, 0.3) is 0 Å². The van der Waals surface area contributed by atoms with Crippen molar-refractivity contribution in [2.45, 2.75) is 47.0 Å². The van der Waals surface area contributed by atoms with E-state index in [9.17, 15) is 4.79 Å². The highest BCUT2D eigenvalue weighted by Gasteiger charge is 2.13. The minimum absolute atomic E-state index is 0.142. The zero-order valence-corrected chi connectivity index (χ0v) is 13.2. The van der Waals surface area contributed by atoms with Gasteiger partial charge in [-0.3, -0.25) is 4.79 Å². The van der Waals surface area contributed by atoms with Crippen LogP contribution < -0.4 is 11.1 Å². The lowest BCUT2D eigenvalue weighted by molar-refractivity contribution is -0.122. The molecule has 0 aromatic carbocycles. The summed E-state index contributed by atoms with van der Waals surface area (Å²) >= 11 is 0. The summed E-state index contributed by atoms with van der Waals surface area (Å²) in [4.78, 5) is 14.2. The maximum absolute atomic E-state index is 11.8. The molecule has 1 atom stereocenters. The Bertz CT molecular complexity index is 231. The van der Waals surface area contributed by atoms with E-state index in [1.165, 1.54) is 0 Å². The van der Waals surface area contributed by atoms with Gasteiger partial charge in [0.15, 0.2) is 0 Å². The predicted octanol–water partition coefficient (Wildman–Crippen LogP) is 1.85. The summed E-state index contributed by atoms with van der Waals surface area (Å²) in [6.07, 6.45) is 2.75. The summed E-state index contributed by atoms with van der Waals surface area (Å²) in [5.74, 6) is 1.06. The maximum Gasteiger partial charge on any atom is 0.220 e. The van der Waals surface area contributed by atoms with Crippen LogP contribution in [0.2, 0.25) is 0 Å². The number of amides is 1. The highest BCUT2D eigenvalue weighted by atomic mass is 16.1. The Labute approximate surface area is 119 Å². The molecule has 4 heteroatoms. The molecule has 1 amide bonds. The molecule has 0 aromatic rings. The molecule has 19 heavy (non-hydrogen) atoms. The molecule has 0 bridgehead atoms. The number of nitrogens with one attached hydrogen (secondary N) is 1. The summed E-state index contributed by atoms with van der Waals surface area (Å²) in [6, 6.07) is 0. The molecule has 114 valence electrons. The monoisotopic (exact) mass is 271 g/mol. The Balaban J connectivity index is 3.84. The number of carbonyl (C=O) groups excluding carboxylic acids is 1. The average Bonchev–Trinajstić information content (AvgIpc) is 2.36. The van der Waals surface area contributed by atoms with Crippen LogP contribution in [0.15, 0.2) is 0 Å². The fourth-order valence-electron chi connectivity index (χ4n) is 2.36. The van der Waals surface area contributed by atoms with Crippen molar-refractivity contribution in [1.29, 1.82) is 0 Å². The second-order valence-electron chi connectivity index (χ2n) is 5.72. The van der Waals surface area contributed by atoms with Crippen LogP contribution in [0, 0.1) is 11.8 Å². The van der Waals surface area contributed by atoms with E-state index in [-0.39, 0.29) is 5.91 Å². The third-order valence-corrected chi connectivity index (χ3v) is 3.35. The number of likely N-dealkylation sites (N-methyl/N-ethyl adjacent to an activating group) is 1. The van der Waals surface area contributed by atoms with Gasteiger partial charge in [-0.15, -0.1) is 0 Å². The first-order valence-corrected chi connectivity index (χ1v) is 7.72. The summed E-state index contributed by atoms with van der Waals surface area (Å²) in [5, 5.41) is 3.01. The van der Waals surface area contributed by atoms with Gasteiger partial charge in [-0.25, -0.2) is 0 Å². The number of nitrogens with two attached hydrogens (primary N) is 1. The number of carbonyl (C=O) groups is 1. The Morgan fingerprint density at radius 3 is 2.42 bits per heavy atom. The second kappa shape index (κ2) is 11.2. The lowest BCUT2D eigenvalue weighted by atomic mass is 9.94. The normalized spacial score (nSPS) is 13.0. The molecule has 0 aromatic heterocycles. The lowest BCUT2D eigenvalue weighted by Gasteiger charge is -2.20. The van der Waals surface area contributed by atoms with Gasteiger partial charge in [-0.1, -0.05) is 27.7 Å². The van der Waals surface area contributed by atoms with E-state index in [0.717, 1.165) is 39.0 Å². The molecule has 0 saturated heterocycles. The van der Waals surface area contributed by atoms with Crippen molar-refractivity contribution in [3.05, 3.63) is 0 Å². The van der Waals surface area contributed by atoms with Crippen LogP contribution in [0.25, 0.3) is 0 Å². The number of hydrogen-bond donors (Lipinski definition) is 2. The van der Waals surface area contributed by atoms with E-state index >= 15 is 0 Å². The highest BCUT2D eigenvalue weighted by Crippen LogP contribution is 2.13. The van der Waals surface area contributed by atoms with Crippen LogP contribution in [0.4, 0.5) is 0 Å². The fourth-order valence-corrected chi connectivity index (χ4v) is 2.36. The molecule has 0 fully saturated rings. The third kappa shape index (κ3) is 9.91. The molecule has 0 radical (unpaired) electrons. The van der Waals surface area contributed by atoms with Gasteiger partial charge in [0.1, 0.15) is 0 Å². The highest BCUT2D eigenvalue weighted by molar-refractivity contribution is 5.76. The van der Waals surface area contributed by atoms with Gasteiger partial charge in [0.05, 0.1) is 0 Å². The number of hydrogen-bond acceptors (Lipinski definition) is 3. The number of nitrogens with zero attached hydrogens (tertiary/aromatic N) is 1. The first-order chi connectivity index (χ1) is 9.03. The zero-order valence-electron chi connectivity index (χ0n) is 13.2. The van der Waals surface area contributed by atoms with Crippen molar-refractivity contribution in [2.24, 2.45) is 17.6 Å². The van der Waals surface area contributed by atoms with Gasteiger partial charge >= 0.3 is 0 Å². The second-order valence-corrected chi connectivity index (χ2v) is 5.72. The van der Waals surface area contributed by atoms with Crippen molar-refractivity contribution in [3.8, 4) is 0 Å². The van der Waals surface area contributed by atoms with E-state index in [1.807, 2.05) is 0 Å². The molecule has 1 unspecified atom stereocenters. The van der Waals surface area contributed by atoms with Crippen LogP contribution in [0.3, 0.4) is 0 Å². The summed E-state index contributed by atoms with van der Waals surface area (Å²) in [6.45, 7) is 13.1. The van der Waals surface area contributed by atoms with Crippen molar-refractivity contribution in [3.63, 3.8) is 0 Å². The molecule has 0 heterocycles. The van der Waals surface area contributed by atoms with Gasteiger partial charge in [0.2, 0.25) is 5.91 Å². The summed E-state index contributed by atoms with van der Waals surface area (Å²) < 4.78 is 0. The molecule has 0 aliphatic heterocycles. The first kappa shape index (κ1) is 18.4. The molecular weight excluding hydrogens is 238 g/mol. The Morgan fingerprint density at radius 2 is 1.95 bits per heavy atom. The molecule has 3 N–H and O–H groups in total. The van der Waals surface area contributed by atoms with E-state index in [4.69, 9.17) is 5.73 Å². The molecule has 4 nitrogen and oxygen atoms in total. The molecular formula is C15H33N3O. The van der Waals surface area contributed by atoms with E-state index in [2.05, 4.69) is 37.9 Å². The molecule has 0 saturated carbocycles. The summed E-state index contributed by atoms with van der Waals surface area (Å²) in [7, 11) is 0. The predicted molar refractivity (Wildman–Crippen MR) is 82.0 cm³/mol. The van der Waals surface area contributed by atoms with Gasteiger partial charge in [0, 0.05) is 19.5 Å². The molecule has 0 rings (SSSR count). The molecule has 0 spiro atoms. The molecule has 0 aliphatic rings. The smallest absolute Gasteiger partial charge is 0.220 e. The van der Waals surface area contributed by atoms with Crippen LogP contribution in [-0.2, 0) is 4.79 Å². The van der Waals surface area contributed by atoms with Crippen LogP contribution >= 0.6 is 0 Å². The zero-order chi connectivity index (χ0) is 14.7.